The SMILES string of the molecule is C=CCOc1ccccc1CNC(=O)C1CCN(c2ccc(C)cc2)C1=O. The van der Waals surface area contributed by atoms with Gasteiger partial charge in [-0.05, 0) is 31.5 Å². The van der Waals surface area contributed by atoms with Crippen molar-refractivity contribution in [2.45, 2.75) is 19.9 Å². The summed E-state index contributed by atoms with van der Waals surface area (Å²) in [4.78, 5) is 26.9. The molecule has 0 radical (unpaired) electrons. The van der Waals surface area contributed by atoms with Crippen molar-refractivity contribution < 1.29 is 14.3 Å². The summed E-state index contributed by atoms with van der Waals surface area (Å²) in [5.41, 5.74) is 2.84. The van der Waals surface area contributed by atoms with Gasteiger partial charge in [0.1, 0.15) is 18.3 Å². The monoisotopic (exact) mass is 364 g/mol. The summed E-state index contributed by atoms with van der Waals surface area (Å²) in [6.07, 6.45) is 2.19. The highest BCUT2D eigenvalue weighted by Gasteiger charge is 2.37. The lowest BCUT2D eigenvalue weighted by Gasteiger charge is -2.17. The van der Waals surface area contributed by atoms with E-state index in [-0.39, 0.29) is 11.8 Å². The summed E-state index contributed by atoms with van der Waals surface area (Å²) in [6.45, 7) is 6.92. The van der Waals surface area contributed by atoms with Crippen molar-refractivity contribution in [3.8, 4) is 5.75 Å². The van der Waals surface area contributed by atoms with Crippen molar-refractivity contribution in [3.63, 3.8) is 0 Å². The van der Waals surface area contributed by atoms with Gasteiger partial charge in [-0.3, -0.25) is 9.59 Å². The Labute approximate surface area is 159 Å². The molecule has 1 saturated heterocycles. The van der Waals surface area contributed by atoms with E-state index < -0.39 is 5.92 Å². The number of hydrogen-bond donors (Lipinski definition) is 1. The number of benzene rings is 2. The molecule has 1 fully saturated rings. The van der Waals surface area contributed by atoms with Crippen molar-refractivity contribution in [3.05, 3.63) is 72.3 Å². The molecule has 5 nitrogen and oxygen atoms in total. The van der Waals surface area contributed by atoms with Gasteiger partial charge in [-0.2, -0.15) is 0 Å². The predicted octanol–water partition coefficient (Wildman–Crippen LogP) is 3.23. The van der Waals surface area contributed by atoms with Gasteiger partial charge < -0.3 is 15.0 Å². The lowest BCUT2D eigenvalue weighted by atomic mass is 10.1. The molecule has 3 rings (SSSR count). The molecule has 1 atom stereocenters. The van der Waals surface area contributed by atoms with Gasteiger partial charge in [0.2, 0.25) is 11.8 Å². The summed E-state index contributed by atoms with van der Waals surface area (Å²) in [5.74, 6) is -0.329. The Hall–Kier alpha value is -3.08. The number of amides is 2. The van der Waals surface area contributed by atoms with E-state index in [4.69, 9.17) is 4.74 Å². The van der Waals surface area contributed by atoms with Crippen LogP contribution in [0.2, 0.25) is 0 Å². The third-order valence-electron chi connectivity index (χ3n) is 4.65. The zero-order chi connectivity index (χ0) is 19.2. The zero-order valence-corrected chi connectivity index (χ0v) is 15.5. The second kappa shape index (κ2) is 8.54. The Morgan fingerprint density at radius 2 is 2.00 bits per heavy atom. The molecule has 0 bridgehead atoms. The lowest BCUT2D eigenvalue weighted by Crippen LogP contribution is -2.36. The number of rotatable bonds is 7. The summed E-state index contributed by atoms with van der Waals surface area (Å²) in [7, 11) is 0. The Morgan fingerprint density at radius 3 is 2.74 bits per heavy atom. The van der Waals surface area contributed by atoms with Crippen LogP contribution in [-0.4, -0.2) is 25.0 Å². The number of nitrogens with zero attached hydrogens (tertiary/aromatic N) is 1. The number of ether oxygens (including phenoxy) is 1. The van der Waals surface area contributed by atoms with Crippen LogP contribution in [-0.2, 0) is 16.1 Å². The highest BCUT2D eigenvalue weighted by molar-refractivity contribution is 6.09. The maximum atomic E-state index is 12.7. The average molecular weight is 364 g/mol. The molecule has 5 heteroatoms. The van der Waals surface area contributed by atoms with Gasteiger partial charge >= 0.3 is 0 Å². The van der Waals surface area contributed by atoms with Gasteiger partial charge in [-0.15, -0.1) is 0 Å². The molecular formula is C22H24N2O3. The number of para-hydroxylation sites is 1. The van der Waals surface area contributed by atoms with Crippen LogP contribution in [0.4, 0.5) is 5.69 Å². The molecule has 27 heavy (non-hydrogen) atoms. The third kappa shape index (κ3) is 4.37. The highest BCUT2D eigenvalue weighted by atomic mass is 16.5. The van der Waals surface area contributed by atoms with E-state index in [9.17, 15) is 9.59 Å². The Kier molecular flexibility index (Phi) is 5.91. The number of aryl methyl sites for hydroxylation is 1. The molecule has 1 unspecified atom stereocenters. The van der Waals surface area contributed by atoms with Crippen molar-refractivity contribution in [1.82, 2.24) is 5.32 Å². The van der Waals surface area contributed by atoms with Gasteiger partial charge in [0.15, 0.2) is 0 Å². The first-order valence-corrected chi connectivity index (χ1v) is 9.07. The molecule has 2 amide bonds. The first kappa shape index (κ1) is 18.7. The molecular weight excluding hydrogens is 340 g/mol. The Bertz CT molecular complexity index is 830. The Balaban J connectivity index is 1.61. The van der Waals surface area contributed by atoms with Crippen LogP contribution in [0, 0.1) is 12.8 Å². The molecule has 0 aromatic heterocycles. The van der Waals surface area contributed by atoms with Crippen molar-refractivity contribution in [2.24, 2.45) is 5.92 Å². The molecule has 2 aromatic carbocycles. The number of carbonyl (C=O) groups is 2. The van der Waals surface area contributed by atoms with Gasteiger partial charge in [0.05, 0.1) is 0 Å². The third-order valence-corrected chi connectivity index (χ3v) is 4.65. The minimum absolute atomic E-state index is 0.146. The highest BCUT2D eigenvalue weighted by Crippen LogP contribution is 2.26. The number of anilines is 1. The number of hydrogen-bond acceptors (Lipinski definition) is 3. The molecule has 2 aromatic rings. The molecule has 140 valence electrons. The van der Waals surface area contributed by atoms with Crippen LogP contribution in [0.3, 0.4) is 0 Å². The lowest BCUT2D eigenvalue weighted by molar-refractivity contribution is -0.132. The summed E-state index contributed by atoms with van der Waals surface area (Å²) in [6, 6.07) is 15.3. The van der Waals surface area contributed by atoms with Crippen molar-refractivity contribution in [2.75, 3.05) is 18.1 Å². The molecule has 1 aliphatic rings. The van der Waals surface area contributed by atoms with E-state index in [0.29, 0.717) is 31.9 Å². The fourth-order valence-electron chi connectivity index (χ4n) is 3.15. The van der Waals surface area contributed by atoms with E-state index in [1.807, 2.05) is 55.5 Å². The van der Waals surface area contributed by atoms with E-state index in [1.165, 1.54) is 0 Å². The van der Waals surface area contributed by atoms with Crippen molar-refractivity contribution in [1.29, 1.82) is 0 Å². The number of carbonyl (C=O) groups excluding carboxylic acids is 2. The molecule has 0 saturated carbocycles. The minimum atomic E-state index is -0.646. The second-order valence-corrected chi connectivity index (χ2v) is 6.59. The summed E-state index contributed by atoms with van der Waals surface area (Å²) >= 11 is 0. The van der Waals surface area contributed by atoms with Crippen LogP contribution in [0.5, 0.6) is 5.75 Å². The smallest absolute Gasteiger partial charge is 0.239 e. The van der Waals surface area contributed by atoms with Crippen LogP contribution in [0.1, 0.15) is 17.5 Å². The fraction of sp³-hybridized carbons (Fsp3) is 0.273. The molecule has 1 N–H and O–H groups in total. The summed E-state index contributed by atoms with van der Waals surface area (Å²) in [5, 5.41) is 2.88. The predicted molar refractivity (Wildman–Crippen MR) is 106 cm³/mol. The minimum Gasteiger partial charge on any atom is -0.489 e. The largest absolute Gasteiger partial charge is 0.489 e. The summed E-state index contributed by atoms with van der Waals surface area (Å²) < 4.78 is 5.61. The normalized spacial score (nSPS) is 16.3. The van der Waals surface area contributed by atoms with E-state index in [2.05, 4.69) is 11.9 Å². The maximum absolute atomic E-state index is 12.7. The molecule has 0 aliphatic carbocycles. The first-order valence-electron chi connectivity index (χ1n) is 9.07. The average Bonchev–Trinajstić information content (AvgIpc) is 3.07. The van der Waals surface area contributed by atoms with Crippen LogP contribution in [0.25, 0.3) is 0 Å². The van der Waals surface area contributed by atoms with Crippen LogP contribution >= 0.6 is 0 Å². The topological polar surface area (TPSA) is 58.6 Å². The maximum Gasteiger partial charge on any atom is 0.239 e. The van der Waals surface area contributed by atoms with Gasteiger partial charge in [0.25, 0.3) is 0 Å². The second-order valence-electron chi connectivity index (χ2n) is 6.59. The van der Waals surface area contributed by atoms with Gasteiger partial charge in [-0.25, -0.2) is 0 Å². The molecule has 1 heterocycles. The van der Waals surface area contributed by atoms with Crippen LogP contribution < -0.4 is 15.0 Å². The van der Waals surface area contributed by atoms with Crippen molar-refractivity contribution >= 4 is 17.5 Å². The van der Waals surface area contributed by atoms with Gasteiger partial charge in [-0.1, -0.05) is 48.6 Å². The van der Waals surface area contributed by atoms with E-state index >= 15 is 0 Å². The van der Waals surface area contributed by atoms with E-state index in [0.717, 1.165) is 16.8 Å². The molecule has 0 spiro atoms. The number of nitrogens with one attached hydrogen (secondary N) is 1. The van der Waals surface area contributed by atoms with E-state index in [1.54, 1.807) is 11.0 Å². The van der Waals surface area contributed by atoms with Gasteiger partial charge in [0, 0.05) is 24.3 Å². The van der Waals surface area contributed by atoms with Crippen LogP contribution in [0.15, 0.2) is 61.2 Å². The quantitative estimate of drug-likeness (QED) is 0.606. The first-order chi connectivity index (χ1) is 13.1. The Morgan fingerprint density at radius 1 is 1.26 bits per heavy atom. The zero-order valence-electron chi connectivity index (χ0n) is 15.5. The molecule has 1 aliphatic heterocycles. The fourth-order valence-corrected chi connectivity index (χ4v) is 3.15. The standard InChI is InChI=1S/C22H24N2O3/c1-3-14-27-20-7-5-4-6-17(20)15-23-21(25)19-12-13-24(22(19)26)18-10-8-16(2)9-11-18/h3-11,19H,1,12-15H2,2H3,(H,23,25).